The number of nitrogen functional groups attached to an aromatic ring is 1. The molecule has 0 radical (unpaired) electrons. The van der Waals surface area contributed by atoms with E-state index in [1.165, 1.54) is 19.2 Å². The third kappa shape index (κ3) is 4.29. The summed E-state index contributed by atoms with van der Waals surface area (Å²) in [7, 11) is 1.39. The number of carbonyl (C=O) groups is 1. The number of hydrogen-bond donors (Lipinski definition) is 1. The normalized spacial score (nSPS) is 17.2. The van der Waals surface area contributed by atoms with Crippen LogP contribution in [0.3, 0.4) is 0 Å². The lowest BCUT2D eigenvalue weighted by Gasteiger charge is -2.33. The molecule has 1 unspecified atom stereocenters. The van der Waals surface area contributed by atoms with E-state index in [0.717, 1.165) is 18.4 Å². The first-order chi connectivity index (χ1) is 12.6. The van der Waals surface area contributed by atoms with Crippen molar-refractivity contribution in [3.8, 4) is 5.75 Å². The third-order valence-corrected chi connectivity index (χ3v) is 4.43. The van der Waals surface area contributed by atoms with E-state index in [9.17, 15) is 9.18 Å². The highest BCUT2D eigenvalue weighted by Crippen LogP contribution is 2.20. The van der Waals surface area contributed by atoms with Crippen LogP contribution in [0, 0.1) is 5.82 Å². The van der Waals surface area contributed by atoms with Crippen LogP contribution in [-0.2, 0) is 11.2 Å². The Bertz CT molecular complexity index is 784. The van der Waals surface area contributed by atoms with Gasteiger partial charge < -0.3 is 20.1 Å². The molecule has 138 valence electrons. The summed E-state index contributed by atoms with van der Waals surface area (Å²) in [6.45, 7) is 1.44. The van der Waals surface area contributed by atoms with Gasteiger partial charge in [-0.05, 0) is 48.7 Å². The molecule has 1 aromatic carbocycles. The van der Waals surface area contributed by atoms with Crippen LogP contribution in [-0.4, -0.2) is 48.7 Å². The van der Waals surface area contributed by atoms with E-state index in [2.05, 4.69) is 4.98 Å². The molecule has 2 heterocycles. The second kappa shape index (κ2) is 8.14. The van der Waals surface area contributed by atoms with Crippen LogP contribution in [0.15, 0.2) is 36.5 Å². The third-order valence-electron chi connectivity index (χ3n) is 4.43. The lowest BCUT2D eigenvalue weighted by atomic mass is 10.1. The van der Waals surface area contributed by atoms with Crippen molar-refractivity contribution in [2.75, 3.05) is 32.5 Å². The smallest absolute Gasteiger partial charge is 0.254 e. The Labute approximate surface area is 151 Å². The van der Waals surface area contributed by atoms with Crippen LogP contribution in [0.25, 0.3) is 0 Å². The highest BCUT2D eigenvalue weighted by atomic mass is 19.1. The van der Waals surface area contributed by atoms with Gasteiger partial charge in [-0.15, -0.1) is 0 Å². The summed E-state index contributed by atoms with van der Waals surface area (Å²) >= 11 is 0. The molecule has 1 saturated heterocycles. The Hall–Kier alpha value is -2.67. The lowest BCUT2D eigenvalue weighted by molar-refractivity contribution is -0.0246. The topological polar surface area (TPSA) is 77.7 Å². The fraction of sp³-hybridized carbons (Fsp3) is 0.368. The molecule has 1 fully saturated rings. The SMILES string of the molecule is COc1ccc(C(=O)N2CCOC(CCc3ccnc(N)c3)C2)cc1F. The first kappa shape index (κ1) is 18.1. The first-order valence-corrected chi connectivity index (χ1v) is 8.51. The number of carbonyl (C=O) groups excluding carboxylic acids is 1. The fourth-order valence-corrected chi connectivity index (χ4v) is 3.04. The van der Waals surface area contributed by atoms with Crippen molar-refractivity contribution in [3.05, 3.63) is 53.5 Å². The molecule has 0 aliphatic carbocycles. The molecule has 0 spiro atoms. The molecule has 3 rings (SSSR count). The number of amides is 1. The van der Waals surface area contributed by atoms with Crippen molar-refractivity contribution < 1.29 is 18.7 Å². The van der Waals surface area contributed by atoms with Gasteiger partial charge in [0.25, 0.3) is 5.91 Å². The molecule has 7 heteroatoms. The number of rotatable bonds is 5. The van der Waals surface area contributed by atoms with Crippen molar-refractivity contribution >= 4 is 11.7 Å². The van der Waals surface area contributed by atoms with Crippen LogP contribution in [0.1, 0.15) is 22.3 Å². The average molecular weight is 359 g/mol. The van der Waals surface area contributed by atoms with Crippen molar-refractivity contribution in [2.24, 2.45) is 0 Å². The second-order valence-electron chi connectivity index (χ2n) is 6.22. The molecule has 2 N–H and O–H groups in total. The molecule has 1 amide bonds. The molecule has 1 aliphatic rings. The minimum absolute atomic E-state index is 0.0646. The predicted octanol–water partition coefficient (Wildman–Crippen LogP) is 2.29. The number of aromatic nitrogens is 1. The van der Waals surface area contributed by atoms with Crippen LogP contribution < -0.4 is 10.5 Å². The molecular weight excluding hydrogens is 337 g/mol. The van der Waals surface area contributed by atoms with Gasteiger partial charge in [-0.1, -0.05) is 0 Å². The van der Waals surface area contributed by atoms with Crippen LogP contribution in [0.2, 0.25) is 0 Å². The van der Waals surface area contributed by atoms with Gasteiger partial charge in [-0.25, -0.2) is 9.37 Å². The molecular formula is C19H22FN3O3. The minimum atomic E-state index is -0.543. The lowest BCUT2D eigenvalue weighted by Crippen LogP contribution is -2.45. The summed E-state index contributed by atoms with van der Waals surface area (Å²) in [5.74, 6) is -0.130. The highest BCUT2D eigenvalue weighted by Gasteiger charge is 2.25. The van der Waals surface area contributed by atoms with Gasteiger partial charge >= 0.3 is 0 Å². The number of benzene rings is 1. The summed E-state index contributed by atoms with van der Waals surface area (Å²) in [6, 6.07) is 8.02. The van der Waals surface area contributed by atoms with Crippen molar-refractivity contribution in [1.82, 2.24) is 9.88 Å². The van der Waals surface area contributed by atoms with Crippen LogP contribution in [0.4, 0.5) is 10.2 Å². The number of anilines is 1. The number of methoxy groups -OCH3 is 1. The van der Waals surface area contributed by atoms with Crippen molar-refractivity contribution in [3.63, 3.8) is 0 Å². The van der Waals surface area contributed by atoms with Gasteiger partial charge in [-0.2, -0.15) is 0 Å². The average Bonchev–Trinajstić information content (AvgIpc) is 2.66. The number of aryl methyl sites for hydroxylation is 1. The highest BCUT2D eigenvalue weighted by molar-refractivity contribution is 5.94. The van der Waals surface area contributed by atoms with Crippen molar-refractivity contribution in [1.29, 1.82) is 0 Å². The van der Waals surface area contributed by atoms with E-state index in [0.29, 0.717) is 31.1 Å². The van der Waals surface area contributed by atoms with E-state index in [-0.39, 0.29) is 17.8 Å². The number of pyridine rings is 1. The molecule has 1 aliphatic heterocycles. The molecule has 0 bridgehead atoms. The monoisotopic (exact) mass is 359 g/mol. The Morgan fingerprint density at radius 2 is 2.27 bits per heavy atom. The summed E-state index contributed by atoms with van der Waals surface area (Å²) < 4.78 is 24.5. The van der Waals surface area contributed by atoms with Gasteiger partial charge in [0.1, 0.15) is 5.82 Å². The van der Waals surface area contributed by atoms with E-state index in [4.69, 9.17) is 15.2 Å². The van der Waals surface area contributed by atoms with Crippen LogP contribution in [0.5, 0.6) is 5.75 Å². The maximum Gasteiger partial charge on any atom is 0.254 e. The number of halogens is 1. The molecule has 6 nitrogen and oxygen atoms in total. The minimum Gasteiger partial charge on any atom is -0.494 e. The molecule has 2 aromatic rings. The van der Waals surface area contributed by atoms with Gasteiger partial charge in [0.05, 0.1) is 19.8 Å². The number of nitrogens with zero attached hydrogens (tertiary/aromatic N) is 2. The summed E-state index contributed by atoms with van der Waals surface area (Å²) in [5, 5.41) is 0. The molecule has 1 aromatic heterocycles. The van der Waals surface area contributed by atoms with E-state index < -0.39 is 5.82 Å². The predicted molar refractivity (Wildman–Crippen MR) is 95.6 cm³/mol. The Balaban J connectivity index is 1.60. The zero-order chi connectivity index (χ0) is 18.5. The summed E-state index contributed by atoms with van der Waals surface area (Å²) in [6.07, 6.45) is 3.17. The summed E-state index contributed by atoms with van der Waals surface area (Å²) in [5.41, 5.74) is 7.09. The zero-order valence-electron chi connectivity index (χ0n) is 14.7. The molecule has 1 atom stereocenters. The van der Waals surface area contributed by atoms with Gasteiger partial charge in [-0.3, -0.25) is 4.79 Å². The summed E-state index contributed by atoms with van der Waals surface area (Å²) in [4.78, 5) is 18.3. The first-order valence-electron chi connectivity index (χ1n) is 8.51. The number of nitrogens with two attached hydrogens (primary N) is 1. The van der Waals surface area contributed by atoms with Crippen LogP contribution >= 0.6 is 0 Å². The number of ether oxygens (including phenoxy) is 2. The zero-order valence-corrected chi connectivity index (χ0v) is 14.7. The number of morpholine rings is 1. The van der Waals surface area contributed by atoms with Crippen molar-refractivity contribution in [2.45, 2.75) is 18.9 Å². The molecule has 0 saturated carbocycles. The van der Waals surface area contributed by atoms with E-state index >= 15 is 0 Å². The van der Waals surface area contributed by atoms with Gasteiger partial charge in [0, 0.05) is 24.8 Å². The van der Waals surface area contributed by atoms with Gasteiger partial charge in [0.2, 0.25) is 0 Å². The number of hydrogen-bond acceptors (Lipinski definition) is 5. The van der Waals surface area contributed by atoms with Gasteiger partial charge in [0.15, 0.2) is 11.6 Å². The quantitative estimate of drug-likeness (QED) is 0.886. The Morgan fingerprint density at radius 1 is 1.42 bits per heavy atom. The Kier molecular flexibility index (Phi) is 5.68. The fourth-order valence-electron chi connectivity index (χ4n) is 3.04. The maximum atomic E-state index is 13.9. The largest absolute Gasteiger partial charge is 0.494 e. The van der Waals surface area contributed by atoms with E-state index in [1.54, 1.807) is 17.2 Å². The second-order valence-corrected chi connectivity index (χ2v) is 6.22. The Morgan fingerprint density at radius 3 is 3.00 bits per heavy atom. The maximum absolute atomic E-state index is 13.9. The van der Waals surface area contributed by atoms with E-state index in [1.807, 2.05) is 12.1 Å². The standard InChI is InChI=1S/C19H22FN3O3/c1-25-17-5-3-14(11-16(17)20)19(24)23-8-9-26-15(12-23)4-2-13-6-7-22-18(21)10-13/h3,5-7,10-11,15H,2,4,8-9,12H2,1H3,(H2,21,22). The molecule has 26 heavy (non-hydrogen) atoms.